The first-order chi connectivity index (χ1) is 16.7. The van der Waals surface area contributed by atoms with Crippen LogP contribution in [-0.2, 0) is 33.3 Å². The SMILES string of the molecule is [2H]C(CCCCCCCCC)CC(=O)OC[C@H]1OC(N2C=C(N)SC2)[C@H](OC(C)=O)[C@@H]1OC(C)=O. The Hall–Kier alpha value is -1.94. The quantitative estimate of drug-likeness (QED) is 0.202. The fourth-order valence-corrected chi connectivity index (χ4v) is 4.72. The summed E-state index contributed by atoms with van der Waals surface area (Å²) < 4.78 is 30.4. The second-order valence-electron chi connectivity index (χ2n) is 8.62. The zero-order valence-electron chi connectivity index (χ0n) is 21.5. The van der Waals surface area contributed by atoms with Crippen LogP contribution < -0.4 is 5.73 Å². The van der Waals surface area contributed by atoms with E-state index in [9.17, 15) is 14.4 Å². The summed E-state index contributed by atoms with van der Waals surface area (Å²) in [5, 5.41) is 0.580. The molecule has 2 heterocycles. The van der Waals surface area contributed by atoms with Gasteiger partial charge < -0.3 is 29.6 Å². The van der Waals surface area contributed by atoms with Crippen molar-refractivity contribution in [1.29, 1.82) is 0 Å². The predicted octanol–water partition coefficient (Wildman–Crippen LogP) is 3.80. The molecule has 0 saturated carbocycles. The molecular weight excluding hydrogens is 460 g/mol. The van der Waals surface area contributed by atoms with Crippen molar-refractivity contribution in [2.24, 2.45) is 5.73 Å². The summed E-state index contributed by atoms with van der Waals surface area (Å²) in [6.45, 7) is 4.52. The minimum absolute atomic E-state index is 0.0143. The number of ether oxygens (including phenoxy) is 4. The molecule has 2 aliphatic rings. The van der Waals surface area contributed by atoms with Crippen LogP contribution in [0.25, 0.3) is 0 Å². The molecule has 0 aromatic rings. The van der Waals surface area contributed by atoms with Gasteiger partial charge in [-0.25, -0.2) is 0 Å². The Bertz CT molecular complexity index is 739. The smallest absolute Gasteiger partial charge is 0.305 e. The summed E-state index contributed by atoms with van der Waals surface area (Å²) in [6, 6.07) is 0. The molecule has 0 aromatic heterocycles. The van der Waals surface area contributed by atoms with Crippen molar-refractivity contribution < 1.29 is 34.7 Å². The van der Waals surface area contributed by atoms with Gasteiger partial charge in [-0.2, -0.15) is 0 Å². The lowest BCUT2D eigenvalue weighted by molar-refractivity contribution is -0.167. The standard InChI is InChI=1S/C24H40N2O7S/c1-4-5-6-7-8-9-10-11-12-13-21(29)30-15-19-22(31-17(2)27)23(32-18(3)28)24(33-19)26-14-20(25)34-16-26/h14,19,22-24H,4-13,15-16,25H2,1-3H3/t19-,22-,23-,24?/m1/s1/i12D/t12?,19-,22-,23-,24?. The zero-order chi connectivity index (χ0) is 25.8. The van der Waals surface area contributed by atoms with Gasteiger partial charge >= 0.3 is 17.9 Å². The van der Waals surface area contributed by atoms with Crippen molar-refractivity contribution in [2.45, 2.75) is 109 Å². The van der Waals surface area contributed by atoms with Crippen molar-refractivity contribution >= 4 is 29.7 Å². The Balaban J connectivity index is 1.86. The molecule has 5 atom stereocenters. The molecule has 10 heteroatoms. The van der Waals surface area contributed by atoms with Crippen LogP contribution in [0, 0.1) is 0 Å². The number of carbonyl (C=O) groups is 3. The van der Waals surface area contributed by atoms with Crippen LogP contribution in [0.3, 0.4) is 0 Å². The molecule has 1 fully saturated rings. The maximum Gasteiger partial charge on any atom is 0.305 e. The van der Waals surface area contributed by atoms with Crippen molar-refractivity contribution in [1.82, 2.24) is 4.90 Å². The Morgan fingerprint density at radius 2 is 1.71 bits per heavy atom. The highest BCUT2D eigenvalue weighted by atomic mass is 32.2. The predicted molar refractivity (Wildman–Crippen MR) is 129 cm³/mol. The van der Waals surface area contributed by atoms with Crippen LogP contribution in [0.15, 0.2) is 11.2 Å². The van der Waals surface area contributed by atoms with Crippen LogP contribution in [0.4, 0.5) is 0 Å². The van der Waals surface area contributed by atoms with E-state index in [2.05, 4.69) is 6.92 Å². The largest absolute Gasteiger partial charge is 0.463 e. The van der Waals surface area contributed by atoms with Crippen molar-refractivity contribution in [2.75, 3.05) is 12.5 Å². The van der Waals surface area contributed by atoms with Crippen LogP contribution >= 0.6 is 11.8 Å². The molecule has 1 saturated heterocycles. The molecule has 0 radical (unpaired) electrons. The van der Waals surface area contributed by atoms with Gasteiger partial charge in [0.15, 0.2) is 18.4 Å². The summed E-state index contributed by atoms with van der Waals surface area (Å²) in [5.74, 6) is -1.15. The molecule has 34 heavy (non-hydrogen) atoms. The summed E-state index contributed by atoms with van der Waals surface area (Å²) in [5.41, 5.74) is 5.85. The van der Waals surface area contributed by atoms with E-state index in [1.807, 2.05) is 0 Å². The molecule has 194 valence electrons. The monoisotopic (exact) mass is 501 g/mol. The Kier molecular flexibility index (Phi) is 11.9. The average molecular weight is 502 g/mol. The molecule has 9 nitrogen and oxygen atoms in total. The van der Waals surface area contributed by atoms with Gasteiger partial charge in [0, 0.05) is 27.8 Å². The second kappa shape index (κ2) is 15.1. The first-order valence-corrected chi connectivity index (χ1v) is 13.1. The first-order valence-electron chi connectivity index (χ1n) is 12.7. The van der Waals surface area contributed by atoms with E-state index in [1.54, 1.807) is 11.1 Å². The van der Waals surface area contributed by atoms with E-state index >= 15 is 0 Å². The fourth-order valence-electron chi connectivity index (χ4n) is 3.99. The normalized spacial score (nSPS) is 25.4. The highest BCUT2D eigenvalue weighted by Gasteiger charge is 2.52. The van der Waals surface area contributed by atoms with Gasteiger partial charge in [0.1, 0.15) is 12.7 Å². The molecule has 2 N–H and O–H groups in total. The summed E-state index contributed by atoms with van der Waals surface area (Å²) in [4.78, 5) is 37.6. The van der Waals surface area contributed by atoms with Gasteiger partial charge in [-0.05, 0) is 6.40 Å². The highest BCUT2D eigenvalue weighted by molar-refractivity contribution is 8.03. The lowest BCUT2D eigenvalue weighted by Gasteiger charge is -2.28. The van der Waals surface area contributed by atoms with Crippen LogP contribution in [0.5, 0.6) is 0 Å². The second-order valence-corrected chi connectivity index (χ2v) is 9.64. The number of thioether (sulfide) groups is 1. The van der Waals surface area contributed by atoms with E-state index < -0.39 is 48.8 Å². The van der Waals surface area contributed by atoms with Crippen LogP contribution in [0.2, 0.25) is 0 Å². The number of nitrogens with zero attached hydrogens (tertiary/aromatic N) is 1. The number of hydrogen-bond acceptors (Lipinski definition) is 10. The number of hydrogen-bond donors (Lipinski definition) is 1. The van der Waals surface area contributed by atoms with Crippen LogP contribution in [-0.4, -0.2) is 59.8 Å². The number of nitrogens with two attached hydrogens (primary N) is 1. The molecule has 0 amide bonds. The third kappa shape index (κ3) is 9.74. The minimum Gasteiger partial charge on any atom is -0.463 e. The van der Waals surface area contributed by atoms with E-state index in [0.717, 1.165) is 19.3 Å². The molecule has 0 bridgehead atoms. The number of esters is 3. The van der Waals surface area contributed by atoms with Gasteiger partial charge in [0.2, 0.25) is 0 Å². The van der Waals surface area contributed by atoms with Crippen molar-refractivity contribution in [3.05, 3.63) is 11.2 Å². The van der Waals surface area contributed by atoms with Gasteiger partial charge in [-0.3, -0.25) is 14.4 Å². The fraction of sp³-hybridized carbons (Fsp3) is 0.792. The Morgan fingerprint density at radius 3 is 2.29 bits per heavy atom. The Morgan fingerprint density at radius 1 is 1.09 bits per heavy atom. The van der Waals surface area contributed by atoms with Crippen molar-refractivity contribution in [3.8, 4) is 0 Å². The molecule has 0 aliphatic carbocycles. The van der Waals surface area contributed by atoms with E-state index in [0.29, 0.717) is 17.3 Å². The van der Waals surface area contributed by atoms with Gasteiger partial charge in [0.25, 0.3) is 0 Å². The number of rotatable bonds is 15. The van der Waals surface area contributed by atoms with Gasteiger partial charge in [-0.1, -0.05) is 70.1 Å². The summed E-state index contributed by atoms with van der Waals surface area (Å²) in [6.07, 6.45) is 6.46. The van der Waals surface area contributed by atoms with Crippen LogP contribution in [0.1, 0.15) is 86.3 Å². The Labute approximate surface area is 208 Å². The number of unbranched alkanes of at least 4 members (excludes halogenated alkanes) is 6. The molecule has 2 aliphatic heterocycles. The molecular formula is C24H40N2O7S. The average Bonchev–Trinajstić information content (AvgIpc) is 3.34. The van der Waals surface area contributed by atoms with E-state index in [1.165, 1.54) is 51.3 Å². The zero-order valence-corrected chi connectivity index (χ0v) is 21.3. The maximum atomic E-state index is 12.4. The highest BCUT2D eigenvalue weighted by Crippen LogP contribution is 2.34. The van der Waals surface area contributed by atoms with Gasteiger partial charge in [0.05, 0.1) is 10.9 Å². The summed E-state index contributed by atoms with van der Waals surface area (Å²) in [7, 11) is 0. The van der Waals surface area contributed by atoms with Gasteiger partial charge in [-0.15, -0.1) is 0 Å². The number of carbonyl (C=O) groups excluding carboxylic acids is 3. The third-order valence-corrected chi connectivity index (χ3v) is 6.49. The van der Waals surface area contributed by atoms with E-state index in [-0.39, 0.29) is 13.0 Å². The lowest BCUT2D eigenvalue weighted by Crippen LogP contribution is -2.45. The molecule has 0 aromatic carbocycles. The lowest BCUT2D eigenvalue weighted by atomic mass is 10.1. The topological polar surface area (TPSA) is 117 Å². The van der Waals surface area contributed by atoms with E-state index in [4.69, 9.17) is 26.1 Å². The minimum atomic E-state index is -0.950. The third-order valence-electron chi connectivity index (χ3n) is 5.62. The first kappa shape index (κ1) is 26.7. The maximum absolute atomic E-state index is 12.4. The molecule has 0 spiro atoms. The van der Waals surface area contributed by atoms with Crippen molar-refractivity contribution in [3.63, 3.8) is 0 Å². The molecule has 2 rings (SSSR count). The molecule has 2 unspecified atom stereocenters. The summed E-state index contributed by atoms with van der Waals surface area (Å²) >= 11 is 1.40.